The Morgan fingerprint density at radius 1 is 1.03 bits per heavy atom. The quantitative estimate of drug-likeness (QED) is 0.704. The highest BCUT2D eigenvalue weighted by molar-refractivity contribution is 7.91. The van der Waals surface area contributed by atoms with Crippen molar-refractivity contribution in [2.24, 2.45) is 0 Å². The summed E-state index contributed by atoms with van der Waals surface area (Å²) in [6.45, 7) is -0.718. The Morgan fingerprint density at radius 2 is 1.70 bits per heavy atom. The topological polar surface area (TPSA) is 90.9 Å². The van der Waals surface area contributed by atoms with Gasteiger partial charge in [-0.2, -0.15) is 13.2 Å². The van der Waals surface area contributed by atoms with Crippen LogP contribution < -0.4 is 19.5 Å². The molecule has 2 aromatic rings. The molecule has 7 nitrogen and oxygen atoms in total. The van der Waals surface area contributed by atoms with E-state index in [1.165, 1.54) is 42.5 Å². The number of nitrogens with one attached hydrogen (secondary N) is 1. The van der Waals surface area contributed by atoms with Gasteiger partial charge in [0.15, 0.2) is 27.9 Å². The number of hydrogen-bond acceptors (Lipinski definition) is 6. The lowest BCUT2D eigenvalue weighted by atomic mass is 10.3. The third-order valence-corrected chi connectivity index (χ3v) is 5.72. The Labute approximate surface area is 170 Å². The van der Waals surface area contributed by atoms with E-state index in [1.807, 2.05) is 0 Å². The van der Waals surface area contributed by atoms with E-state index in [-0.39, 0.29) is 17.1 Å². The van der Waals surface area contributed by atoms with Gasteiger partial charge in [0, 0.05) is 18.2 Å². The lowest BCUT2D eigenvalue weighted by Crippen LogP contribution is -2.19. The van der Waals surface area contributed by atoms with E-state index >= 15 is 0 Å². The zero-order valence-corrected chi connectivity index (χ0v) is 16.4. The second-order valence-corrected chi connectivity index (χ2v) is 8.46. The van der Waals surface area contributed by atoms with Crippen LogP contribution in [0.15, 0.2) is 47.4 Å². The van der Waals surface area contributed by atoms with Gasteiger partial charge in [-0.1, -0.05) is 0 Å². The molecule has 0 atom stereocenters. The van der Waals surface area contributed by atoms with Crippen molar-refractivity contribution in [3.63, 3.8) is 0 Å². The van der Waals surface area contributed by atoms with Gasteiger partial charge in [0.05, 0.1) is 10.6 Å². The Morgan fingerprint density at radius 3 is 2.37 bits per heavy atom. The average molecular weight is 445 g/mol. The first kappa shape index (κ1) is 21.8. The molecule has 0 radical (unpaired) electrons. The van der Waals surface area contributed by atoms with Crippen molar-refractivity contribution in [2.75, 3.05) is 30.9 Å². The van der Waals surface area contributed by atoms with Gasteiger partial charge in [-0.25, -0.2) is 8.42 Å². The van der Waals surface area contributed by atoms with E-state index in [0.717, 1.165) is 0 Å². The highest BCUT2D eigenvalue weighted by atomic mass is 32.2. The summed E-state index contributed by atoms with van der Waals surface area (Å²) in [5.74, 6) is -0.197. The molecule has 30 heavy (non-hydrogen) atoms. The van der Waals surface area contributed by atoms with Crippen LogP contribution in [0.25, 0.3) is 0 Å². The summed E-state index contributed by atoms with van der Waals surface area (Å²) in [6.07, 6.45) is -4.75. The second kappa shape index (κ2) is 8.82. The molecule has 11 heteroatoms. The van der Waals surface area contributed by atoms with Crippen molar-refractivity contribution in [3.05, 3.63) is 42.5 Å². The van der Waals surface area contributed by atoms with Crippen LogP contribution >= 0.6 is 0 Å². The molecule has 0 saturated carbocycles. The van der Waals surface area contributed by atoms with E-state index in [1.54, 1.807) is 0 Å². The van der Waals surface area contributed by atoms with Crippen LogP contribution in [0.1, 0.15) is 6.42 Å². The molecule has 1 N–H and O–H groups in total. The van der Waals surface area contributed by atoms with Crippen LogP contribution in [0.5, 0.6) is 17.2 Å². The van der Waals surface area contributed by atoms with Crippen molar-refractivity contribution in [1.82, 2.24) is 0 Å². The zero-order chi connectivity index (χ0) is 21.8. The molecule has 3 rings (SSSR count). The highest BCUT2D eigenvalue weighted by Crippen LogP contribution is 2.32. The third-order valence-electron chi connectivity index (χ3n) is 4.01. The van der Waals surface area contributed by atoms with Gasteiger partial charge < -0.3 is 19.5 Å². The number of fused-ring (bicyclic) bond motifs is 1. The number of carbonyl (C=O) groups excluding carboxylic acids is 1. The third kappa shape index (κ3) is 6.02. The molecule has 0 saturated heterocycles. The number of sulfone groups is 1. The standard InChI is InChI=1S/C19H18F3NO6S/c20-19(21,22)12-29-14-3-1-13(2-4-14)23-18(24)7-10-30(25,26)15-5-6-16-17(11-15)28-9-8-27-16/h1-6,11H,7-10,12H2,(H,23,24). The maximum atomic E-state index is 12.5. The van der Waals surface area contributed by atoms with E-state index in [2.05, 4.69) is 10.1 Å². The molecule has 1 amide bonds. The smallest absolute Gasteiger partial charge is 0.422 e. The van der Waals surface area contributed by atoms with Crippen LogP contribution in [0, 0.1) is 0 Å². The Kier molecular flexibility index (Phi) is 6.40. The number of rotatable bonds is 7. The minimum Gasteiger partial charge on any atom is -0.486 e. The molecule has 1 aliphatic heterocycles. The van der Waals surface area contributed by atoms with E-state index in [9.17, 15) is 26.4 Å². The van der Waals surface area contributed by atoms with Crippen LogP contribution in [0.4, 0.5) is 18.9 Å². The molecule has 1 aliphatic rings. The van der Waals surface area contributed by atoms with Gasteiger partial charge >= 0.3 is 6.18 Å². The van der Waals surface area contributed by atoms with Gasteiger partial charge in [-0.15, -0.1) is 0 Å². The number of benzene rings is 2. The van der Waals surface area contributed by atoms with E-state index in [4.69, 9.17) is 9.47 Å². The van der Waals surface area contributed by atoms with Gasteiger partial charge in [-0.3, -0.25) is 4.79 Å². The largest absolute Gasteiger partial charge is 0.486 e. The van der Waals surface area contributed by atoms with Crippen molar-refractivity contribution >= 4 is 21.4 Å². The van der Waals surface area contributed by atoms with Crippen LogP contribution in [-0.4, -0.2) is 46.1 Å². The fourth-order valence-corrected chi connectivity index (χ4v) is 3.84. The van der Waals surface area contributed by atoms with Crippen molar-refractivity contribution in [2.45, 2.75) is 17.5 Å². The van der Waals surface area contributed by atoms with Crippen molar-refractivity contribution in [1.29, 1.82) is 0 Å². The van der Waals surface area contributed by atoms with E-state index < -0.39 is 34.3 Å². The first-order chi connectivity index (χ1) is 14.1. The highest BCUT2D eigenvalue weighted by Gasteiger charge is 2.28. The molecule has 162 valence electrons. The Balaban J connectivity index is 1.53. The Bertz CT molecular complexity index is 1010. The van der Waals surface area contributed by atoms with Crippen LogP contribution in [-0.2, 0) is 14.6 Å². The number of hydrogen-bond donors (Lipinski definition) is 1. The normalized spacial score (nSPS) is 13.6. The van der Waals surface area contributed by atoms with E-state index in [0.29, 0.717) is 30.4 Å². The summed E-state index contributed by atoms with van der Waals surface area (Å²) >= 11 is 0. The molecule has 0 spiro atoms. The number of ether oxygens (including phenoxy) is 3. The molecule has 2 aromatic carbocycles. The number of anilines is 1. The number of carbonyl (C=O) groups is 1. The SMILES string of the molecule is O=C(CCS(=O)(=O)c1ccc2c(c1)OCCO2)Nc1ccc(OCC(F)(F)F)cc1. The lowest BCUT2D eigenvalue weighted by molar-refractivity contribution is -0.153. The molecule has 0 bridgehead atoms. The first-order valence-electron chi connectivity index (χ1n) is 8.84. The number of amides is 1. The molecular weight excluding hydrogens is 427 g/mol. The molecule has 0 unspecified atom stereocenters. The monoisotopic (exact) mass is 445 g/mol. The molecule has 0 fully saturated rings. The zero-order valence-electron chi connectivity index (χ0n) is 15.6. The minimum atomic E-state index is -4.45. The maximum Gasteiger partial charge on any atom is 0.422 e. The fraction of sp³-hybridized carbons (Fsp3) is 0.316. The van der Waals surface area contributed by atoms with Crippen LogP contribution in [0.2, 0.25) is 0 Å². The maximum absolute atomic E-state index is 12.5. The summed E-state index contributed by atoms with van der Waals surface area (Å²) in [6, 6.07) is 9.52. The molecule has 0 aliphatic carbocycles. The van der Waals surface area contributed by atoms with Crippen LogP contribution in [0.3, 0.4) is 0 Å². The lowest BCUT2D eigenvalue weighted by Gasteiger charge is -2.18. The average Bonchev–Trinajstić information content (AvgIpc) is 2.71. The summed E-state index contributed by atoms with van der Waals surface area (Å²) in [5, 5.41) is 2.49. The Hall–Kier alpha value is -2.95. The van der Waals surface area contributed by atoms with Gasteiger partial charge in [-0.05, 0) is 36.4 Å². The van der Waals surface area contributed by atoms with Crippen molar-refractivity contribution < 1.29 is 40.6 Å². The van der Waals surface area contributed by atoms with Gasteiger partial charge in [0.2, 0.25) is 5.91 Å². The van der Waals surface area contributed by atoms with Gasteiger partial charge in [0.1, 0.15) is 19.0 Å². The first-order valence-corrected chi connectivity index (χ1v) is 10.5. The second-order valence-electron chi connectivity index (χ2n) is 6.35. The van der Waals surface area contributed by atoms with Gasteiger partial charge in [0.25, 0.3) is 0 Å². The number of alkyl halides is 3. The summed E-state index contributed by atoms with van der Waals surface area (Å²) < 4.78 is 76.7. The molecule has 0 aromatic heterocycles. The predicted molar refractivity (Wildman–Crippen MR) is 101 cm³/mol. The fourth-order valence-electron chi connectivity index (χ4n) is 2.59. The summed E-state index contributed by atoms with van der Waals surface area (Å²) in [7, 11) is -3.73. The molecule has 1 heterocycles. The minimum absolute atomic E-state index is 0.00786. The predicted octanol–water partition coefficient (Wildman–Crippen LogP) is 3.20. The molecular formula is C19H18F3NO6S. The van der Waals surface area contributed by atoms with Crippen molar-refractivity contribution in [3.8, 4) is 17.2 Å². The summed E-state index contributed by atoms with van der Waals surface area (Å²) in [5.41, 5.74) is 0.302. The summed E-state index contributed by atoms with van der Waals surface area (Å²) in [4.78, 5) is 12.1. The number of halogens is 3.